The summed E-state index contributed by atoms with van der Waals surface area (Å²) in [6.45, 7) is 4.17. The molecule has 1 saturated heterocycles. The van der Waals surface area contributed by atoms with Crippen molar-refractivity contribution >= 4 is 17.6 Å². The SMILES string of the molecule is Cc1ccc(C=C(c2ccc(C)cc2)C2CC(=O)N2)cc1. The largest absolute Gasteiger partial charge is 0.349 e. The number of carbonyl (C=O) groups is 1. The first-order valence-corrected chi connectivity index (χ1v) is 7.26. The Morgan fingerprint density at radius 3 is 2.05 bits per heavy atom. The molecule has 1 aliphatic heterocycles. The van der Waals surface area contributed by atoms with Gasteiger partial charge in [0.25, 0.3) is 0 Å². The summed E-state index contributed by atoms with van der Waals surface area (Å²) in [5.74, 6) is 0.127. The molecule has 2 aromatic carbocycles. The van der Waals surface area contributed by atoms with Gasteiger partial charge >= 0.3 is 0 Å². The molecule has 3 rings (SSSR count). The molecule has 1 atom stereocenters. The van der Waals surface area contributed by atoms with Crippen molar-refractivity contribution < 1.29 is 4.79 Å². The molecule has 0 spiro atoms. The van der Waals surface area contributed by atoms with Crippen LogP contribution >= 0.6 is 0 Å². The standard InChI is InChI=1S/C19H19NO/c1-13-3-7-15(8-4-13)11-17(18-12-19(21)20-18)16-9-5-14(2)6-10-16/h3-11,18H,12H2,1-2H3,(H,20,21). The van der Waals surface area contributed by atoms with Crippen LogP contribution in [0.3, 0.4) is 0 Å². The zero-order chi connectivity index (χ0) is 14.8. The molecule has 0 aliphatic carbocycles. The topological polar surface area (TPSA) is 29.1 Å². The third kappa shape index (κ3) is 3.05. The molecule has 1 amide bonds. The number of hydrogen-bond donors (Lipinski definition) is 1. The Morgan fingerprint density at radius 1 is 1.00 bits per heavy atom. The zero-order valence-electron chi connectivity index (χ0n) is 12.4. The van der Waals surface area contributed by atoms with E-state index in [9.17, 15) is 4.79 Å². The quantitative estimate of drug-likeness (QED) is 0.672. The van der Waals surface area contributed by atoms with E-state index in [-0.39, 0.29) is 11.9 Å². The van der Waals surface area contributed by atoms with E-state index in [0.29, 0.717) is 6.42 Å². The van der Waals surface area contributed by atoms with Gasteiger partial charge in [-0.25, -0.2) is 0 Å². The molecule has 1 fully saturated rings. The third-order valence-corrected chi connectivity index (χ3v) is 3.88. The molecule has 0 bridgehead atoms. The van der Waals surface area contributed by atoms with Crippen molar-refractivity contribution in [3.8, 4) is 0 Å². The number of benzene rings is 2. The lowest BCUT2D eigenvalue weighted by atomic mass is 9.89. The Kier molecular flexibility index (Phi) is 3.61. The molecule has 2 nitrogen and oxygen atoms in total. The summed E-state index contributed by atoms with van der Waals surface area (Å²) < 4.78 is 0. The van der Waals surface area contributed by atoms with Crippen molar-refractivity contribution in [1.82, 2.24) is 5.32 Å². The van der Waals surface area contributed by atoms with Gasteiger partial charge in [-0.05, 0) is 36.6 Å². The minimum absolute atomic E-state index is 0.126. The molecule has 0 aromatic heterocycles. The Bertz CT molecular complexity index is 673. The van der Waals surface area contributed by atoms with Crippen LogP contribution in [0, 0.1) is 13.8 Å². The van der Waals surface area contributed by atoms with Crippen LogP contribution in [0.15, 0.2) is 48.5 Å². The van der Waals surface area contributed by atoms with E-state index < -0.39 is 0 Å². The van der Waals surface area contributed by atoms with Crippen LogP contribution in [0.2, 0.25) is 0 Å². The number of aryl methyl sites for hydroxylation is 2. The minimum Gasteiger partial charge on any atom is -0.349 e. The predicted octanol–water partition coefficient (Wildman–Crippen LogP) is 3.73. The first kappa shape index (κ1) is 13.6. The van der Waals surface area contributed by atoms with Crippen molar-refractivity contribution in [3.63, 3.8) is 0 Å². The molecule has 1 N–H and O–H groups in total. The molecule has 2 heteroatoms. The van der Waals surface area contributed by atoms with Gasteiger partial charge in [0.2, 0.25) is 5.91 Å². The number of hydrogen-bond acceptors (Lipinski definition) is 1. The Balaban J connectivity index is 1.97. The van der Waals surface area contributed by atoms with Crippen molar-refractivity contribution in [2.75, 3.05) is 0 Å². The highest BCUT2D eigenvalue weighted by molar-refractivity contribution is 5.95. The monoisotopic (exact) mass is 277 g/mol. The van der Waals surface area contributed by atoms with Crippen LogP contribution in [0.25, 0.3) is 11.6 Å². The fraction of sp³-hybridized carbons (Fsp3) is 0.211. The van der Waals surface area contributed by atoms with E-state index in [4.69, 9.17) is 0 Å². The van der Waals surface area contributed by atoms with Crippen LogP contribution in [0.5, 0.6) is 0 Å². The molecule has 1 heterocycles. The second-order valence-corrected chi connectivity index (χ2v) is 5.70. The van der Waals surface area contributed by atoms with Gasteiger partial charge in [0.1, 0.15) is 0 Å². The average molecular weight is 277 g/mol. The normalized spacial score (nSPS) is 18.1. The fourth-order valence-corrected chi connectivity index (χ4v) is 2.52. The second kappa shape index (κ2) is 5.57. The smallest absolute Gasteiger partial charge is 0.222 e. The van der Waals surface area contributed by atoms with Crippen molar-refractivity contribution in [1.29, 1.82) is 0 Å². The van der Waals surface area contributed by atoms with Crippen LogP contribution in [0.1, 0.15) is 28.7 Å². The Labute approximate surface area is 125 Å². The molecule has 106 valence electrons. The van der Waals surface area contributed by atoms with Gasteiger partial charge in [-0.2, -0.15) is 0 Å². The highest BCUT2D eigenvalue weighted by Gasteiger charge is 2.29. The highest BCUT2D eigenvalue weighted by Crippen LogP contribution is 2.27. The minimum atomic E-state index is 0.126. The molecule has 0 radical (unpaired) electrons. The summed E-state index contributed by atoms with van der Waals surface area (Å²) in [4.78, 5) is 11.3. The number of nitrogens with one attached hydrogen (secondary N) is 1. The number of carbonyl (C=O) groups excluding carboxylic acids is 1. The maximum Gasteiger partial charge on any atom is 0.222 e. The molecular weight excluding hydrogens is 258 g/mol. The van der Waals surface area contributed by atoms with E-state index in [2.05, 4.69) is 73.8 Å². The van der Waals surface area contributed by atoms with Crippen molar-refractivity contribution in [3.05, 3.63) is 70.8 Å². The summed E-state index contributed by atoms with van der Waals surface area (Å²) in [6, 6.07) is 17.0. The summed E-state index contributed by atoms with van der Waals surface area (Å²) in [7, 11) is 0. The van der Waals surface area contributed by atoms with Gasteiger partial charge in [-0.3, -0.25) is 4.79 Å². The highest BCUT2D eigenvalue weighted by atomic mass is 16.2. The zero-order valence-corrected chi connectivity index (χ0v) is 12.4. The van der Waals surface area contributed by atoms with Crippen LogP contribution < -0.4 is 5.32 Å². The predicted molar refractivity (Wildman–Crippen MR) is 86.8 cm³/mol. The van der Waals surface area contributed by atoms with Gasteiger partial charge < -0.3 is 5.32 Å². The molecule has 1 unspecified atom stereocenters. The Hall–Kier alpha value is -2.35. The Morgan fingerprint density at radius 2 is 1.52 bits per heavy atom. The van der Waals surface area contributed by atoms with Gasteiger partial charge in [0.05, 0.1) is 12.5 Å². The lowest BCUT2D eigenvalue weighted by Gasteiger charge is -2.30. The summed E-state index contributed by atoms with van der Waals surface area (Å²) >= 11 is 0. The van der Waals surface area contributed by atoms with Gasteiger partial charge in [-0.15, -0.1) is 0 Å². The first-order valence-electron chi connectivity index (χ1n) is 7.26. The van der Waals surface area contributed by atoms with Crippen molar-refractivity contribution in [2.45, 2.75) is 26.3 Å². The summed E-state index contributed by atoms with van der Waals surface area (Å²) in [5, 5.41) is 2.98. The van der Waals surface area contributed by atoms with E-state index in [1.165, 1.54) is 22.3 Å². The summed E-state index contributed by atoms with van der Waals surface area (Å²) in [5.41, 5.74) is 6.01. The van der Waals surface area contributed by atoms with E-state index in [0.717, 1.165) is 5.56 Å². The molecule has 2 aromatic rings. The molecule has 1 aliphatic rings. The molecular formula is C19H19NO. The van der Waals surface area contributed by atoms with Crippen LogP contribution in [-0.2, 0) is 4.79 Å². The number of amides is 1. The van der Waals surface area contributed by atoms with E-state index in [1.54, 1.807) is 0 Å². The number of β-lactam (4-membered cyclic amide) rings is 1. The van der Waals surface area contributed by atoms with Crippen molar-refractivity contribution in [2.24, 2.45) is 0 Å². The van der Waals surface area contributed by atoms with Gasteiger partial charge in [-0.1, -0.05) is 59.7 Å². The maximum absolute atomic E-state index is 11.3. The number of rotatable bonds is 3. The van der Waals surface area contributed by atoms with Gasteiger partial charge in [0, 0.05) is 0 Å². The van der Waals surface area contributed by atoms with Gasteiger partial charge in [0.15, 0.2) is 0 Å². The van der Waals surface area contributed by atoms with E-state index >= 15 is 0 Å². The average Bonchev–Trinajstić information content (AvgIpc) is 2.45. The lowest BCUT2D eigenvalue weighted by molar-refractivity contribution is -0.126. The molecule has 21 heavy (non-hydrogen) atoms. The second-order valence-electron chi connectivity index (χ2n) is 5.70. The first-order chi connectivity index (χ1) is 10.1. The fourth-order valence-electron chi connectivity index (χ4n) is 2.52. The third-order valence-electron chi connectivity index (χ3n) is 3.88. The maximum atomic E-state index is 11.3. The molecule has 0 saturated carbocycles. The van der Waals surface area contributed by atoms with Crippen LogP contribution in [0.4, 0.5) is 0 Å². The van der Waals surface area contributed by atoms with E-state index in [1.807, 2.05) is 0 Å². The van der Waals surface area contributed by atoms with Crippen LogP contribution in [-0.4, -0.2) is 11.9 Å². The summed E-state index contributed by atoms with van der Waals surface area (Å²) in [6.07, 6.45) is 2.75. The lowest BCUT2D eigenvalue weighted by Crippen LogP contribution is -2.48.